The summed E-state index contributed by atoms with van der Waals surface area (Å²) in [5.41, 5.74) is 1.25. The Kier molecular flexibility index (Phi) is 6.51. The van der Waals surface area contributed by atoms with Gasteiger partial charge < -0.3 is 20.2 Å². The minimum Gasteiger partial charge on any atom is -0.478 e. The molecule has 1 aromatic carbocycles. The molecule has 1 fully saturated rings. The van der Waals surface area contributed by atoms with E-state index in [1.807, 2.05) is 4.90 Å². The van der Waals surface area contributed by atoms with Gasteiger partial charge in [-0.1, -0.05) is 6.92 Å². The Morgan fingerprint density at radius 3 is 2.43 bits per heavy atom. The molecule has 3 rings (SSSR count). The van der Waals surface area contributed by atoms with Crippen LogP contribution >= 0.6 is 0 Å². The lowest BCUT2D eigenvalue weighted by Gasteiger charge is -2.35. The van der Waals surface area contributed by atoms with Gasteiger partial charge in [0.1, 0.15) is 5.82 Å². The molecule has 1 aromatic heterocycles. The average molecular weight is 413 g/mol. The quantitative estimate of drug-likeness (QED) is 0.739. The molecule has 9 nitrogen and oxygen atoms in total. The zero-order valence-electron chi connectivity index (χ0n) is 17.5. The van der Waals surface area contributed by atoms with Crippen LogP contribution in [0.1, 0.15) is 23.7 Å². The van der Waals surface area contributed by atoms with Crippen LogP contribution in [0.2, 0.25) is 0 Å². The van der Waals surface area contributed by atoms with E-state index in [4.69, 9.17) is 0 Å². The smallest absolute Gasteiger partial charge is 0.336 e. The van der Waals surface area contributed by atoms with Gasteiger partial charge in [0.15, 0.2) is 0 Å². The van der Waals surface area contributed by atoms with Gasteiger partial charge in [-0.15, -0.1) is 0 Å². The van der Waals surface area contributed by atoms with E-state index in [0.29, 0.717) is 61.6 Å². The molecule has 0 saturated carbocycles. The summed E-state index contributed by atoms with van der Waals surface area (Å²) in [6.07, 6.45) is 0.340. The van der Waals surface area contributed by atoms with Gasteiger partial charge in [0.25, 0.3) is 0 Å². The summed E-state index contributed by atoms with van der Waals surface area (Å²) in [5.74, 6) is -0.519. The number of carboxylic acids is 1. The number of carbonyl (C=O) groups excluding carboxylic acids is 2. The number of nitrogens with zero attached hydrogens (tertiary/aromatic N) is 4. The van der Waals surface area contributed by atoms with Crippen LogP contribution in [-0.2, 0) is 9.59 Å². The lowest BCUT2D eigenvalue weighted by molar-refractivity contribution is -0.130. The number of amides is 2. The monoisotopic (exact) mass is 413 g/mol. The van der Waals surface area contributed by atoms with Crippen LogP contribution in [0.5, 0.6) is 0 Å². The molecule has 0 atom stereocenters. The summed E-state index contributed by atoms with van der Waals surface area (Å²) in [4.78, 5) is 45.8. The zero-order valence-corrected chi connectivity index (χ0v) is 17.5. The van der Waals surface area contributed by atoms with E-state index < -0.39 is 5.97 Å². The van der Waals surface area contributed by atoms with E-state index in [2.05, 4.69) is 15.2 Å². The van der Waals surface area contributed by atoms with Crippen LogP contribution in [0.25, 0.3) is 10.9 Å². The number of carboxylic acid groups (broad SMARTS) is 1. The molecule has 2 heterocycles. The van der Waals surface area contributed by atoms with E-state index >= 15 is 0 Å². The number of aromatic carboxylic acids is 1. The second kappa shape index (κ2) is 9.08. The molecule has 2 aromatic rings. The van der Waals surface area contributed by atoms with Crippen LogP contribution in [0.15, 0.2) is 24.3 Å². The highest BCUT2D eigenvalue weighted by Gasteiger charge is 2.22. The number of fused-ring (bicyclic) bond motifs is 1. The van der Waals surface area contributed by atoms with Gasteiger partial charge in [0.05, 0.1) is 17.6 Å². The predicted molar refractivity (Wildman–Crippen MR) is 115 cm³/mol. The molecular formula is C21H27N5O4. The summed E-state index contributed by atoms with van der Waals surface area (Å²) >= 11 is 0. The van der Waals surface area contributed by atoms with Crippen molar-refractivity contribution in [1.29, 1.82) is 0 Å². The molecule has 0 radical (unpaired) electrons. The summed E-state index contributed by atoms with van der Waals surface area (Å²) in [7, 11) is 3.48. The molecule has 30 heavy (non-hydrogen) atoms. The summed E-state index contributed by atoms with van der Waals surface area (Å²) in [5, 5.41) is 13.0. The highest BCUT2D eigenvalue weighted by atomic mass is 16.4. The van der Waals surface area contributed by atoms with E-state index in [-0.39, 0.29) is 17.4 Å². The fraction of sp³-hybridized carbons (Fsp3) is 0.429. The van der Waals surface area contributed by atoms with Crippen molar-refractivity contribution in [2.45, 2.75) is 13.3 Å². The minimum absolute atomic E-state index is 0.0615. The third-order valence-electron chi connectivity index (χ3n) is 5.18. The summed E-state index contributed by atoms with van der Waals surface area (Å²) in [6, 6.07) is 6.68. The molecule has 9 heteroatoms. The molecule has 0 bridgehead atoms. The molecule has 1 aliphatic heterocycles. The van der Waals surface area contributed by atoms with Crippen LogP contribution in [0, 0.1) is 0 Å². The molecule has 0 aliphatic carbocycles. The van der Waals surface area contributed by atoms with Crippen LogP contribution in [-0.4, -0.2) is 84.5 Å². The van der Waals surface area contributed by atoms with Crippen molar-refractivity contribution in [3.63, 3.8) is 0 Å². The Labute approximate surface area is 175 Å². The second-order valence-electron chi connectivity index (χ2n) is 7.52. The lowest BCUT2D eigenvalue weighted by atomic mass is 10.1. The molecule has 160 valence electrons. The summed E-state index contributed by atoms with van der Waals surface area (Å²) < 4.78 is 0. The standard InChI is InChI=1S/C21H27N5O4/c1-4-19(27)22-14-5-6-17-15(11-14)16(21(29)30)12-18(23-17)26-9-7-25(8-10-26)13-20(28)24(2)3/h5-6,11-12H,4,7-10,13H2,1-3H3,(H,22,27)(H,29,30). The Morgan fingerprint density at radius 2 is 1.83 bits per heavy atom. The molecule has 2 N–H and O–H groups in total. The summed E-state index contributed by atoms with van der Waals surface area (Å²) in [6.45, 7) is 4.83. The third-order valence-corrected chi connectivity index (χ3v) is 5.18. The number of nitrogens with one attached hydrogen (secondary N) is 1. The number of likely N-dealkylation sites (N-methyl/N-ethyl adjacent to an activating group) is 1. The van der Waals surface area contributed by atoms with E-state index in [1.54, 1.807) is 50.2 Å². The Balaban J connectivity index is 1.82. The van der Waals surface area contributed by atoms with Gasteiger partial charge in [-0.05, 0) is 24.3 Å². The average Bonchev–Trinajstić information content (AvgIpc) is 2.73. The Hall–Kier alpha value is -3.20. The number of piperazine rings is 1. The maximum atomic E-state index is 11.9. The Bertz CT molecular complexity index is 967. The number of hydrogen-bond donors (Lipinski definition) is 2. The number of hydrogen-bond acceptors (Lipinski definition) is 6. The number of aromatic nitrogens is 1. The largest absolute Gasteiger partial charge is 0.478 e. The molecule has 0 spiro atoms. The first-order chi connectivity index (χ1) is 14.3. The van der Waals surface area contributed by atoms with Crippen molar-refractivity contribution in [2.24, 2.45) is 0 Å². The number of pyridine rings is 1. The van der Waals surface area contributed by atoms with Gasteiger partial charge in [-0.25, -0.2) is 9.78 Å². The molecule has 0 unspecified atom stereocenters. The van der Waals surface area contributed by atoms with Gasteiger partial charge in [0.2, 0.25) is 11.8 Å². The predicted octanol–water partition coefficient (Wildman–Crippen LogP) is 1.49. The molecule has 1 saturated heterocycles. The molecule has 1 aliphatic rings. The highest BCUT2D eigenvalue weighted by molar-refractivity contribution is 6.05. The van der Waals surface area contributed by atoms with Crippen LogP contribution in [0.4, 0.5) is 11.5 Å². The van der Waals surface area contributed by atoms with Gasteiger partial charge in [-0.2, -0.15) is 0 Å². The van der Waals surface area contributed by atoms with Crippen molar-refractivity contribution in [1.82, 2.24) is 14.8 Å². The fourth-order valence-corrected chi connectivity index (χ4v) is 3.35. The number of rotatable bonds is 6. The normalized spacial score (nSPS) is 14.6. The van der Waals surface area contributed by atoms with Crippen LogP contribution < -0.4 is 10.2 Å². The maximum absolute atomic E-state index is 11.9. The highest BCUT2D eigenvalue weighted by Crippen LogP contribution is 2.26. The first kappa shape index (κ1) is 21.5. The third kappa shape index (κ3) is 4.85. The van der Waals surface area contributed by atoms with Gasteiger partial charge in [0, 0.05) is 57.8 Å². The van der Waals surface area contributed by atoms with E-state index in [9.17, 15) is 19.5 Å². The molecule has 2 amide bonds. The van der Waals surface area contributed by atoms with Crippen LogP contribution in [0.3, 0.4) is 0 Å². The van der Waals surface area contributed by atoms with Crippen molar-refractivity contribution in [2.75, 3.05) is 57.0 Å². The van der Waals surface area contributed by atoms with Crippen molar-refractivity contribution < 1.29 is 19.5 Å². The Morgan fingerprint density at radius 1 is 1.13 bits per heavy atom. The van der Waals surface area contributed by atoms with Crippen molar-refractivity contribution in [3.8, 4) is 0 Å². The van der Waals surface area contributed by atoms with Crippen molar-refractivity contribution in [3.05, 3.63) is 29.8 Å². The fourth-order valence-electron chi connectivity index (χ4n) is 3.35. The minimum atomic E-state index is -1.04. The first-order valence-corrected chi connectivity index (χ1v) is 9.94. The maximum Gasteiger partial charge on any atom is 0.336 e. The second-order valence-corrected chi connectivity index (χ2v) is 7.52. The van der Waals surface area contributed by atoms with Crippen molar-refractivity contribution >= 4 is 40.2 Å². The number of benzene rings is 1. The zero-order chi connectivity index (χ0) is 21.8. The number of anilines is 2. The topological polar surface area (TPSA) is 106 Å². The van der Waals surface area contributed by atoms with E-state index in [1.165, 1.54) is 0 Å². The SMILES string of the molecule is CCC(=O)Nc1ccc2nc(N3CCN(CC(=O)N(C)C)CC3)cc(C(=O)O)c2c1. The number of carbonyl (C=O) groups is 3. The first-order valence-electron chi connectivity index (χ1n) is 9.94. The lowest BCUT2D eigenvalue weighted by Crippen LogP contribution is -2.49. The van der Waals surface area contributed by atoms with Gasteiger partial charge >= 0.3 is 5.97 Å². The van der Waals surface area contributed by atoms with Gasteiger partial charge in [-0.3, -0.25) is 14.5 Å². The van der Waals surface area contributed by atoms with E-state index in [0.717, 1.165) is 0 Å². The molecular weight excluding hydrogens is 386 g/mol.